The maximum Gasteiger partial charge on any atom is 0.336 e. The molecule has 1 aliphatic heterocycles. The first kappa shape index (κ1) is 9.64. The van der Waals surface area contributed by atoms with E-state index in [-0.39, 0.29) is 12.6 Å². The first-order valence-electron chi connectivity index (χ1n) is 4.31. The monoisotopic (exact) mass is 213 g/mol. The summed E-state index contributed by atoms with van der Waals surface area (Å²) in [5.41, 5.74) is 2.03. The fourth-order valence-corrected chi connectivity index (χ4v) is 2.46. The van der Waals surface area contributed by atoms with Gasteiger partial charge in [-0.05, 0) is 18.1 Å². The van der Waals surface area contributed by atoms with Crippen molar-refractivity contribution in [1.82, 2.24) is 4.72 Å². The number of hydrogen-bond acceptors (Lipinski definition) is 3. The van der Waals surface area contributed by atoms with Gasteiger partial charge in [-0.3, -0.25) is 4.18 Å². The van der Waals surface area contributed by atoms with E-state index < -0.39 is 10.3 Å². The van der Waals surface area contributed by atoms with Gasteiger partial charge in [-0.2, -0.15) is 13.1 Å². The highest BCUT2D eigenvalue weighted by Crippen LogP contribution is 2.23. The van der Waals surface area contributed by atoms with Gasteiger partial charge in [0.05, 0.1) is 12.6 Å². The van der Waals surface area contributed by atoms with Crippen LogP contribution in [0.3, 0.4) is 0 Å². The normalized spacial score (nSPS) is 25.1. The molecule has 1 aromatic carbocycles. The summed E-state index contributed by atoms with van der Waals surface area (Å²) >= 11 is 0. The highest BCUT2D eigenvalue weighted by molar-refractivity contribution is 7.84. The Morgan fingerprint density at radius 3 is 2.71 bits per heavy atom. The Bertz CT molecular complexity index is 441. The van der Waals surface area contributed by atoms with Crippen LogP contribution < -0.4 is 4.72 Å². The van der Waals surface area contributed by atoms with Crippen molar-refractivity contribution in [3.05, 3.63) is 35.4 Å². The average Bonchev–Trinajstić information content (AvgIpc) is 2.47. The minimum Gasteiger partial charge on any atom is -0.256 e. The number of aryl methyl sites for hydroxylation is 1. The topological polar surface area (TPSA) is 55.4 Å². The van der Waals surface area contributed by atoms with Gasteiger partial charge >= 0.3 is 10.3 Å². The van der Waals surface area contributed by atoms with Crippen molar-refractivity contribution in [1.29, 1.82) is 0 Å². The largest absolute Gasteiger partial charge is 0.336 e. The smallest absolute Gasteiger partial charge is 0.256 e. The van der Waals surface area contributed by atoms with E-state index in [9.17, 15) is 8.42 Å². The maximum atomic E-state index is 11.0. The molecule has 1 atom stereocenters. The zero-order valence-corrected chi connectivity index (χ0v) is 8.54. The first-order chi connectivity index (χ1) is 6.58. The lowest BCUT2D eigenvalue weighted by atomic mass is 10.0. The van der Waals surface area contributed by atoms with Crippen LogP contribution in [0.1, 0.15) is 17.2 Å². The molecule has 0 aliphatic carbocycles. The molecule has 0 amide bonds. The predicted molar refractivity (Wildman–Crippen MR) is 51.9 cm³/mol. The Kier molecular flexibility index (Phi) is 2.30. The molecule has 76 valence electrons. The second-order valence-corrected chi connectivity index (χ2v) is 4.65. The van der Waals surface area contributed by atoms with Crippen molar-refractivity contribution in [2.24, 2.45) is 0 Å². The van der Waals surface area contributed by atoms with Crippen LogP contribution in [-0.4, -0.2) is 15.0 Å². The number of benzene rings is 1. The summed E-state index contributed by atoms with van der Waals surface area (Å²) in [4.78, 5) is 0. The molecule has 14 heavy (non-hydrogen) atoms. The zero-order chi connectivity index (χ0) is 10.2. The summed E-state index contributed by atoms with van der Waals surface area (Å²) in [6.45, 7) is 2.12. The summed E-state index contributed by atoms with van der Waals surface area (Å²) < 4.78 is 29.0. The van der Waals surface area contributed by atoms with Crippen molar-refractivity contribution in [3.63, 3.8) is 0 Å². The molecule has 1 N–H and O–H groups in total. The summed E-state index contributed by atoms with van der Waals surface area (Å²) in [6.07, 6.45) is 0. The molecule has 0 unspecified atom stereocenters. The van der Waals surface area contributed by atoms with E-state index in [2.05, 4.69) is 8.91 Å². The van der Waals surface area contributed by atoms with Crippen LogP contribution in [0.5, 0.6) is 0 Å². The van der Waals surface area contributed by atoms with E-state index in [0.29, 0.717) is 0 Å². The Hall–Kier alpha value is -0.910. The third kappa shape index (κ3) is 1.79. The van der Waals surface area contributed by atoms with Crippen molar-refractivity contribution in [3.8, 4) is 0 Å². The average molecular weight is 213 g/mol. The highest BCUT2D eigenvalue weighted by Gasteiger charge is 2.29. The molecule has 2 rings (SSSR count). The number of hydrogen-bond donors (Lipinski definition) is 1. The van der Waals surface area contributed by atoms with Crippen molar-refractivity contribution < 1.29 is 12.6 Å². The Morgan fingerprint density at radius 2 is 2.14 bits per heavy atom. The summed E-state index contributed by atoms with van der Waals surface area (Å²) in [5, 5.41) is 0. The minimum absolute atomic E-state index is 0.174. The maximum absolute atomic E-state index is 11.0. The zero-order valence-electron chi connectivity index (χ0n) is 7.73. The van der Waals surface area contributed by atoms with E-state index in [4.69, 9.17) is 0 Å². The molecule has 1 saturated heterocycles. The van der Waals surface area contributed by atoms with E-state index in [1.807, 2.05) is 31.2 Å². The van der Waals surface area contributed by atoms with Gasteiger partial charge in [-0.1, -0.05) is 24.3 Å². The van der Waals surface area contributed by atoms with Crippen molar-refractivity contribution in [2.75, 3.05) is 6.61 Å². The van der Waals surface area contributed by atoms with E-state index in [1.54, 1.807) is 0 Å². The van der Waals surface area contributed by atoms with Crippen LogP contribution in [0.15, 0.2) is 24.3 Å². The molecule has 1 fully saturated rings. The van der Waals surface area contributed by atoms with E-state index in [0.717, 1.165) is 11.1 Å². The van der Waals surface area contributed by atoms with Gasteiger partial charge in [-0.25, -0.2) is 0 Å². The van der Waals surface area contributed by atoms with Crippen LogP contribution in [-0.2, 0) is 14.5 Å². The molecule has 4 nitrogen and oxygen atoms in total. The lowest BCUT2D eigenvalue weighted by Crippen LogP contribution is -2.20. The molecule has 0 spiro atoms. The van der Waals surface area contributed by atoms with Crippen LogP contribution >= 0.6 is 0 Å². The third-order valence-corrected chi connectivity index (χ3v) is 3.26. The van der Waals surface area contributed by atoms with Crippen LogP contribution in [0.25, 0.3) is 0 Å². The Morgan fingerprint density at radius 1 is 1.43 bits per heavy atom. The molecular formula is C9H11NO3S. The van der Waals surface area contributed by atoms with Crippen LogP contribution in [0, 0.1) is 6.92 Å². The molecule has 0 aromatic heterocycles. The van der Waals surface area contributed by atoms with Crippen molar-refractivity contribution in [2.45, 2.75) is 13.0 Å². The van der Waals surface area contributed by atoms with Gasteiger partial charge in [0.15, 0.2) is 0 Å². The van der Waals surface area contributed by atoms with Gasteiger partial charge in [0.2, 0.25) is 0 Å². The van der Waals surface area contributed by atoms with Gasteiger partial charge in [0.25, 0.3) is 0 Å². The highest BCUT2D eigenvalue weighted by atomic mass is 32.2. The molecule has 1 aliphatic rings. The van der Waals surface area contributed by atoms with Gasteiger partial charge < -0.3 is 0 Å². The van der Waals surface area contributed by atoms with Gasteiger partial charge in [0, 0.05) is 0 Å². The van der Waals surface area contributed by atoms with E-state index in [1.165, 1.54) is 0 Å². The lowest BCUT2D eigenvalue weighted by Gasteiger charge is -2.09. The standard InChI is InChI=1S/C9H11NO3S/c1-7-4-2-3-5-8(7)9-6-13-14(11,12)10-9/h2-5,9-10H,6H2,1H3/t9-/m0/s1. The quantitative estimate of drug-likeness (QED) is 0.754. The molecule has 5 heteroatoms. The molecule has 1 aromatic rings. The van der Waals surface area contributed by atoms with Crippen molar-refractivity contribution >= 4 is 10.3 Å². The third-order valence-electron chi connectivity index (χ3n) is 2.24. The Balaban J connectivity index is 2.30. The van der Waals surface area contributed by atoms with E-state index >= 15 is 0 Å². The van der Waals surface area contributed by atoms with Crippen LogP contribution in [0.4, 0.5) is 0 Å². The molecule has 0 saturated carbocycles. The molecule has 1 heterocycles. The molecular weight excluding hydrogens is 202 g/mol. The van der Waals surface area contributed by atoms with Crippen LogP contribution in [0.2, 0.25) is 0 Å². The second-order valence-electron chi connectivity index (χ2n) is 3.27. The van der Waals surface area contributed by atoms with Gasteiger partial charge in [-0.15, -0.1) is 0 Å². The molecule has 0 radical (unpaired) electrons. The molecule has 0 bridgehead atoms. The summed E-state index contributed by atoms with van der Waals surface area (Å²) in [7, 11) is -3.51. The van der Waals surface area contributed by atoms with Gasteiger partial charge in [0.1, 0.15) is 0 Å². The second kappa shape index (κ2) is 3.34. The number of nitrogens with one attached hydrogen (secondary N) is 1. The number of rotatable bonds is 1. The Labute approximate surface area is 83.2 Å². The summed E-state index contributed by atoms with van der Waals surface area (Å²) in [5.74, 6) is 0. The minimum atomic E-state index is -3.51. The first-order valence-corrected chi connectivity index (χ1v) is 5.71. The fourth-order valence-electron chi connectivity index (χ4n) is 1.53. The lowest BCUT2D eigenvalue weighted by molar-refractivity contribution is 0.338. The summed E-state index contributed by atoms with van der Waals surface area (Å²) in [6, 6.07) is 7.40. The predicted octanol–water partition coefficient (Wildman–Crippen LogP) is 0.901. The SMILES string of the molecule is Cc1ccccc1[C@@H]1COS(=O)(=O)N1. The fraction of sp³-hybridized carbons (Fsp3) is 0.333.